The maximum atomic E-state index is 12.8. The van der Waals surface area contributed by atoms with Crippen molar-refractivity contribution < 1.29 is 9.53 Å². The average Bonchev–Trinajstić information content (AvgIpc) is 2.73. The Bertz CT molecular complexity index is 685. The third-order valence-electron chi connectivity index (χ3n) is 5.28. The van der Waals surface area contributed by atoms with E-state index in [0.29, 0.717) is 12.0 Å². The Morgan fingerprint density at radius 3 is 2.73 bits per heavy atom. The number of allylic oxidation sites excluding steroid dienone is 1. The zero-order valence-electron chi connectivity index (χ0n) is 16.2. The first-order valence-electron chi connectivity index (χ1n) is 9.44. The van der Waals surface area contributed by atoms with E-state index in [4.69, 9.17) is 4.74 Å². The summed E-state index contributed by atoms with van der Waals surface area (Å²) in [7, 11) is 1.70. The fourth-order valence-electron chi connectivity index (χ4n) is 4.28. The second kappa shape index (κ2) is 8.92. The lowest BCUT2D eigenvalue weighted by atomic mass is 9.75. The van der Waals surface area contributed by atoms with Crippen LogP contribution in [0.4, 0.5) is 0 Å². The minimum absolute atomic E-state index is 0. The second-order valence-corrected chi connectivity index (χ2v) is 7.62. The number of halogens is 1. The molecule has 26 heavy (non-hydrogen) atoms. The average molecular weight is 379 g/mol. The van der Waals surface area contributed by atoms with E-state index in [1.165, 1.54) is 16.7 Å². The van der Waals surface area contributed by atoms with Gasteiger partial charge in [0.2, 0.25) is 5.91 Å². The standard InChI is InChI=1S/C21H30N2O2.ClH/c1-13(2)23-14(3)11-19-20-15(9-10-22-21(19)24)5-6-16-12-17(25-4)7-8-18(16)20;/h7-8,12-15,23H,5-6,9-11H2,1-4H3,(H,22,24);1H. The molecule has 1 aromatic rings. The summed E-state index contributed by atoms with van der Waals surface area (Å²) < 4.78 is 5.39. The maximum absolute atomic E-state index is 12.8. The zero-order chi connectivity index (χ0) is 18.0. The molecule has 0 fully saturated rings. The van der Waals surface area contributed by atoms with Gasteiger partial charge in [0.05, 0.1) is 7.11 Å². The monoisotopic (exact) mass is 378 g/mol. The van der Waals surface area contributed by atoms with E-state index in [1.807, 2.05) is 6.07 Å². The lowest BCUT2D eigenvalue weighted by Crippen LogP contribution is -2.35. The Kier molecular flexibility index (Phi) is 7.13. The second-order valence-electron chi connectivity index (χ2n) is 7.62. The van der Waals surface area contributed by atoms with Gasteiger partial charge in [0.25, 0.3) is 0 Å². The van der Waals surface area contributed by atoms with Crippen molar-refractivity contribution in [2.45, 2.75) is 58.5 Å². The fourth-order valence-corrected chi connectivity index (χ4v) is 4.28. The van der Waals surface area contributed by atoms with Crippen LogP contribution in [0, 0.1) is 5.92 Å². The number of nitrogens with one attached hydrogen (secondary N) is 2. The molecule has 2 N–H and O–H groups in total. The molecule has 0 spiro atoms. The van der Waals surface area contributed by atoms with Gasteiger partial charge in [0, 0.05) is 24.2 Å². The highest BCUT2D eigenvalue weighted by atomic mass is 35.5. The summed E-state index contributed by atoms with van der Waals surface area (Å²) in [5, 5.41) is 6.65. The number of amides is 1. The summed E-state index contributed by atoms with van der Waals surface area (Å²) in [6.07, 6.45) is 3.96. The maximum Gasteiger partial charge on any atom is 0.247 e. The number of methoxy groups -OCH3 is 1. The molecule has 3 rings (SSSR count). The molecule has 1 aromatic carbocycles. The molecule has 2 aliphatic rings. The van der Waals surface area contributed by atoms with Crippen molar-refractivity contribution in [3.63, 3.8) is 0 Å². The molecule has 4 nitrogen and oxygen atoms in total. The summed E-state index contributed by atoms with van der Waals surface area (Å²) in [6.45, 7) is 7.23. The van der Waals surface area contributed by atoms with Gasteiger partial charge in [-0.2, -0.15) is 0 Å². The molecular formula is C21H31ClN2O2. The molecule has 144 valence electrons. The van der Waals surface area contributed by atoms with Gasteiger partial charge in [-0.1, -0.05) is 19.9 Å². The van der Waals surface area contributed by atoms with E-state index < -0.39 is 0 Å². The number of fused-ring (bicyclic) bond motifs is 3. The van der Waals surface area contributed by atoms with E-state index in [0.717, 1.165) is 43.6 Å². The Morgan fingerprint density at radius 2 is 2.04 bits per heavy atom. The van der Waals surface area contributed by atoms with Crippen molar-refractivity contribution in [1.82, 2.24) is 10.6 Å². The van der Waals surface area contributed by atoms with E-state index in [1.54, 1.807) is 7.11 Å². The normalized spacial score (nSPS) is 20.5. The molecule has 1 amide bonds. The van der Waals surface area contributed by atoms with Gasteiger partial charge in [0.1, 0.15) is 5.75 Å². The molecule has 1 aliphatic carbocycles. The molecule has 0 bridgehead atoms. The van der Waals surface area contributed by atoms with Crippen molar-refractivity contribution >= 4 is 23.9 Å². The van der Waals surface area contributed by atoms with E-state index in [2.05, 4.69) is 43.5 Å². The quantitative estimate of drug-likeness (QED) is 0.820. The van der Waals surface area contributed by atoms with Gasteiger partial charge in [-0.15, -0.1) is 12.4 Å². The molecule has 0 saturated carbocycles. The summed E-state index contributed by atoms with van der Waals surface area (Å²) in [4.78, 5) is 12.8. The van der Waals surface area contributed by atoms with Crippen LogP contribution in [0.1, 0.15) is 51.2 Å². The molecule has 1 heterocycles. The number of hydrogen-bond donors (Lipinski definition) is 2. The van der Waals surface area contributed by atoms with Gasteiger partial charge in [-0.25, -0.2) is 0 Å². The van der Waals surface area contributed by atoms with Gasteiger partial charge in [-0.3, -0.25) is 4.79 Å². The summed E-state index contributed by atoms with van der Waals surface area (Å²) in [5.74, 6) is 1.48. The minimum Gasteiger partial charge on any atom is -0.497 e. The highest BCUT2D eigenvalue weighted by molar-refractivity contribution is 6.02. The first-order valence-corrected chi connectivity index (χ1v) is 9.44. The molecule has 2 unspecified atom stereocenters. The Morgan fingerprint density at radius 1 is 1.27 bits per heavy atom. The van der Waals surface area contributed by atoms with Crippen LogP contribution in [-0.2, 0) is 11.2 Å². The van der Waals surface area contributed by atoms with Crippen LogP contribution in [0.25, 0.3) is 5.57 Å². The van der Waals surface area contributed by atoms with Gasteiger partial charge in [-0.05, 0) is 67.4 Å². The van der Waals surface area contributed by atoms with Gasteiger partial charge >= 0.3 is 0 Å². The van der Waals surface area contributed by atoms with Crippen molar-refractivity contribution in [2.24, 2.45) is 5.92 Å². The first kappa shape index (κ1) is 20.8. The third kappa shape index (κ3) is 4.41. The molecule has 0 radical (unpaired) electrons. The number of rotatable bonds is 5. The van der Waals surface area contributed by atoms with Crippen molar-refractivity contribution in [2.75, 3.05) is 13.7 Å². The molecular weight excluding hydrogens is 348 g/mol. The lowest BCUT2D eigenvalue weighted by molar-refractivity contribution is -0.117. The number of carbonyl (C=O) groups is 1. The van der Waals surface area contributed by atoms with Crippen LogP contribution in [0.3, 0.4) is 0 Å². The Hall–Kier alpha value is -1.52. The predicted molar refractivity (Wildman–Crippen MR) is 109 cm³/mol. The summed E-state index contributed by atoms with van der Waals surface area (Å²) >= 11 is 0. The molecule has 0 aromatic heterocycles. The Balaban J connectivity index is 0.00000243. The topological polar surface area (TPSA) is 50.4 Å². The highest BCUT2D eigenvalue weighted by Crippen LogP contribution is 2.42. The molecule has 2 atom stereocenters. The van der Waals surface area contributed by atoms with E-state index in [-0.39, 0.29) is 24.4 Å². The number of hydrogen-bond acceptors (Lipinski definition) is 3. The van der Waals surface area contributed by atoms with Crippen LogP contribution >= 0.6 is 12.4 Å². The Labute approximate surface area is 163 Å². The van der Waals surface area contributed by atoms with Crippen LogP contribution in [0.2, 0.25) is 0 Å². The van der Waals surface area contributed by atoms with Crippen LogP contribution in [0.5, 0.6) is 5.75 Å². The van der Waals surface area contributed by atoms with E-state index >= 15 is 0 Å². The predicted octanol–water partition coefficient (Wildman–Crippen LogP) is 3.73. The van der Waals surface area contributed by atoms with E-state index in [9.17, 15) is 4.79 Å². The zero-order valence-corrected chi connectivity index (χ0v) is 17.0. The van der Waals surface area contributed by atoms with Crippen LogP contribution < -0.4 is 15.4 Å². The van der Waals surface area contributed by atoms with Crippen LogP contribution in [0.15, 0.2) is 23.8 Å². The number of carbonyl (C=O) groups excluding carboxylic acids is 1. The van der Waals surface area contributed by atoms with Crippen molar-refractivity contribution in [1.29, 1.82) is 0 Å². The third-order valence-corrected chi connectivity index (χ3v) is 5.28. The van der Waals surface area contributed by atoms with Crippen molar-refractivity contribution in [3.05, 3.63) is 34.9 Å². The van der Waals surface area contributed by atoms with Crippen molar-refractivity contribution in [3.8, 4) is 5.75 Å². The van der Waals surface area contributed by atoms with Gasteiger partial charge in [0.15, 0.2) is 0 Å². The minimum atomic E-state index is 0. The SMILES string of the molecule is COc1ccc2c(c1)CCC1CCNC(=O)C(CC(C)NC(C)C)=C21.Cl. The summed E-state index contributed by atoms with van der Waals surface area (Å²) in [5.41, 5.74) is 4.80. The van der Waals surface area contributed by atoms with Gasteiger partial charge < -0.3 is 15.4 Å². The summed E-state index contributed by atoms with van der Waals surface area (Å²) in [6, 6.07) is 6.98. The smallest absolute Gasteiger partial charge is 0.247 e. The van der Waals surface area contributed by atoms with Crippen LogP contribution in [-0.4, -0.2) is 31.6 Å². The molecule has 0 saturated heterocycles. The largest absolute Gasteiger partial charge is 0.497 e. The molecule has 5 heteroatoms. The number of aryl methyl sites for hydroxylation is 1. The molecule has 1 aliphatic heterocycles. The number of benzene rings is 1. The number of ether oxygens (including phenoxy) is 1. The lowest BCUT2D eigenvalue weighted by Gasteiger charge is -2.29. The highest BCUT2D eigenvalue weighted by Gasteiger charge is 2.32. The first-order chi connectivity index (χ1) is 12.0. The fraction of sp³-hybridized carbons (Fsp3) is 0.571.